The molecule has 0 aromatic heterocycles. The fourth-order valence-corrected chi connectivity index (χ4v) is 1.60. The standard InChI is InChI=1S/C10H15NO4/c12-8-1-3-11(4-2-8)10(13)7-15-9-5-14-6-9/h9H,1-7H2. The molecule has 2 aliphatic rings. The van der Waals surface area contributed by atoms with Gasteiger partial charge in [0.25, 0.3) is 0 Å². The van der Waals surface area contributed by atoms with Crippen LogP contribution in [0.1, 0.15) is 12.8 Å². The van der Waals surface area contributed by atoms with Crippen molar-refractivity contribution in [2.24, 2.45) is 0 Å². The van der Waals surface area contributed by atoms with Crippen molar-refractivity contribution < 1.29 is 19.1 Å². The van der Waals surface area contributed by atoms with E-state index in [0.29, 0.717) is 39.1 Å². The van der Waals surface area contributed by atoms with Crippen molar-refractivity contribution in [1.29, 1.82) is 0 Å². The predicted octanol–water partition coefficient (Wildman–Crippen LogP) is -0.407. The van der Waals surface area contributed by atoms with Gasteiger partial charge in [0, 0.05) is 25.9 Å². The maximum absolute atomic E-state index is 11.6. The van der Waals surface area contributed by atoms with Gasteiger partial charge in [-0.2, -0.15) is 0 Å². The second-order valence-corrected chi connectivity index (χ2v) is 3.89. The van der Waals surface area contributed by atoms with Crippen LogP contribution < -0.4 is 0 Å². The molecule has 0 aromatic rings. The SMILES string of the molecule is O=C1CCN(C(=O)COC2COC2)CC1. The van der Waals surface area contributed by atoms with Gasteiger partial charge in [-0.15, -0.1) is 0 Å². The first-order valence-electron chi connectivity index (χ1n) is 5.24. The minimum absolute atomic E-state index is 0.0191. The van der Waals surface area contributed by atoms with Gasteiger partial charge in [0.15, 0.2) is 0 Å². The molecular weight excluding hydrogens is 198 g/mol. The van der Waals surface area contributed by atoms with Crippen molar-refractivity contribution in [2.45, 2.75) is 18.9 Å². The molecule has 0 spiro atoms. The average Bonchev–Trinajstić information content (AvgIpc) is 2.16. The number of carbonyl (C=O) groups excluding carboxylic acids is 2. The van der Waals surface area contributed by atoms with E-state index in [1.54, 1.807) is 4.90 Å². The topological polar surface area (TPSA) is 55.8 Å². The number of piperidine rings is 1. The smallest absolute Gasteiger partial charge is 0.248 e. The first-order valence-corrected chi connectivity index (χ1v) is 5.24. The first-order chi connectivity index (χ1) is 7.25. The highest BCUT2D eigenvalue weighted by molar-refractivity contribution is 5.83. The van der Waals surface area contributed by atoms with Crippen LogP contribution in [-0.4, -0.2) is 55.6 Å². The number of amides is 1. The Morgan fingerprint density at radius 3 is 2.60 bits per heavy atom. The van der Waals surface area contributed by atoms with Crippen LogP contribution in [-0.2, 0) is 19.1 Å². The highest BCUT2D eigenvalue weighted by Gasteiger charge is 2.24. The van der Waals surface area contributed by atoms with E-state index in [1.165, 1.54) is 0 Å². The predicted molar refractivity (Wildman–Crippen MR) is 51.4 cm³/mol. The second kappa shape index (κ2) is 4.72. The monoisotopic (exact) mass is 213 g/mol. The van der Waals surface area contributed by atoms with E-state index in [1.807, 2.05) is 0 Å². The number of rotatable bonds is 3. The third-order valence-corrected chi connectivity index (χ3v) is 2.72. The highest BCUT2D eigenvalue weighted by atomic mass is 16.6. The lowest BCUT2D eigenvalue weighted by molar-refractivity contribution is -0.156. The molecule has 0 aliphatic carbocycles. The molecule has 2 heterocycles. The van der Waals surface area contributed by atoms with Gasteiger partial charge in [-0.3, -0.25) is 9.59 Å². The lowest BCUT2D eigenvalue weighted by atomic mass is 10.1. The zero-order valence-electron chi connectivity index (χ0n) is 8.61. The van der Waals surface area contributed by atoms with E-state index in [0.717, 1.165) is 0 Å². The van der Waals surface area contributed by atoms with Crippen molar-refractivity contribution in [1.82, 2.24) is 4.90 Å². The fourth-order valence-electron chi connectivity index (χ4n) is 1.60. The van der Waals surface area contributed by atoms with E-state index < -0.39 is 0 Å². The molecule has 2 saturated heterocycles. The molecule has 0 saturated carbocycles. The van der Waals surface area contributed by atoms with Crippen LogP contribution in [0.5, 0.6) is 0 Å². The Hall–Kier alpha value is -0.940. The average molecular weight is 213 g/mol. The molecule has 0 N–H and O–H groups in total. The van der Waals surface area contributed by atoms with Crippen LogP contribution >= 0.6 is 0 Å². The largest absolute Gasteiger partial charge is 0.376 e. The molecule has 5 nitrogen and oxygen atoms in total. The summed E-state index contributed by atoms with van der Waals surface area (Å²) in [5.74, 6) is 0.224. The number of Topliss-reactive ketones (excluding diaryl/α,β-unsaturated/α-hetero) is 1. The number of ether oxygens (including phenoxy) is 2. The molecule has 0 atom stereocenters. The van der Waals surface area contributed by atoms with E-state index in [2.05, 4.69) is 0 Å². The van der Waals surface area contributed by atoms with Crippen LogP contribution in [0.3, 0.4) is 0 Å². The van der Waals surface area contributed by atoms with Crippen LogP contribution in [0.25, 0.3) is 0 Å². The maximum atomic E-state index is 11.6. The fraction of sp³-hybridized carbons (Fsp3) is 0.800. The molecular formula is C10H15NO4. The molecule has 2 aliphatic heterocycles. The van der Waals surface area contributed by atoms with Gasteiger partial charge in [0.2, 0.25) is 5.91 Å². The van der Waals surface area contributed by atoms with Crippen molar-refractivity contribution in [2.75, 3.05) is 32.9 Å². The Labute approximate surface area is 88.3 Å². The summed E-state index contributed by atoms with van der Waals surface area (Å²) in [7, 11) is 0. The molecule has 0 radical (unpaired) electrons. The van der Waals surface area contributed by atoms with Crippen molar-refractivity contribution in [3.63, 3.8) is 0 Å². The Morgan fingerprint density at radius 2 is 2.07 bits per heavy atom. The minimum Gasteiger partial charge on any atom is -0.376 e. The molecule has 5 heteroatoms. The second-order valence-electron chi connectivity index (χ2n) is 3.89. The number of hydrogen-bond acceptors (Lipinski definition) is 4. The molecule has 84 valence electrons. The molecule has 0 unspecified atom stereocenters. The molecule has 2 fully saturated rings. The number of hydrogen-bond donors (Lipinski definition) is 0. The Balaban J connectivity index is 1.68. The summed E-state index contributed by atoms with van der Waals surface area (Å²) < 4.78 is 10.3. The van der Waals surface area contributed by atoms with Crippen molar-refractivity contribution in [3.05, 3.63) is 0 Å². The Bertz CT molecular complexity index is 252. The lowest BCUT2D eigenvalue weighted by Crippen LogP contribution is -2.43. The summed E-state index contributed by atoms with van der Waals surface area (Å²) >= 11 is 0. The quantitative estimate of drug-likeness (QED) is 0.639. The minimum atomic E-state index is -0.0191. The summed E-state index contributed by atoms with van der Waals surface area (Å²) in [6.45, 7) is 2.38. The molecule has 0 aromatic carbocycles. The summed E-state index contributed by atoms with van der Waals surface area (Å²) in [6.07, 6.45) is 1.05. The van der Waals surface area contributed by atoms with Gasteiger partial charge in [-0.25, -0.2) is 0 Å². The Kier molecular flexibility index (Phi) is 3.33. The lowest BCUT2D eigenvalue weighted by Gasteiger charge is -2.29. The number of ketones is 1. The van der Waals surface area contributed by atoms with E-state index in [9.17, 15) is 9.59 Å². The van der Waals surface area contributed by atoms with Crippen molar-refractivity contribution in [3.8, 4) is 0 Å². The number of likely N-dealkylation sites (tertiary alicyclic amines) is 1. The summed E-state index contributed by atoms with van der Waals surface area (Å²) in [5, 5.41) is 0. The highest BCUT2D eigenvalue weighted by Crippen LogP contribution is 2.08. The van der Waals surface area contributed by atoms with E-state index >= 15 is 0 Å². The van der Waals surface area contributed by atoms with Crippen LogP contribution in [0, 0.1) is 0 Å². The third-order valence-electron chi connectivity index (χ3n) is 2.72. The van der Waals surface area contributed by atoms with Gasteiger partial charge < -0.3 is 14.4 Å². The molecule has 0 bridgehead atoms. The van der Waals surface area contributed by atoms with Gasteiger partial charge in [0.05, 0.1) is 13.2 Å². The Morgan fingerprint density at radius 1 is 1.40 bits per heavy atom. The van der Waals surface area contributed by atoms with Gasteiger partial charge in [-0.1, -0.05) is 0 Å². The molecule has 2 rings (SSSR count). The zero-order chi connectivity index (χ0) is 10.7. The van der Waals surface area contributed by atoms with Crippen LogP contribution in [0.4, 0.5) is 0 Å². The number of carbonyl (C=O) groups is 2. The maximum Gasteiger partial charge on any atom is 0.248 e. The van der Waals surface area contributed by atoms with Gasteiger partial charge in [0.1, 0.15) is 18.5 Å². The summed E-state index contributed by atoms with van der Waals surface area (Å²) in [6, 6.07) is 0. The zero-order valence-corrected chi connectivity index (χ0v) is 8.61. The summed E-state index contributed by atoms with van der Waals surface area (Å²) in [5.41, 5.74) is 0. The molecule has 15 heavy (non-hydrogen) atoms. The van der Waals surface area contributed by atoms with Crippen LogP contribution in [0.15, 0.2) is 0 Å². The third kappa shape index (κ3) is 2.76. The normalized spacial score (nSPS) is 22.7. The van der Waals surface area contributed by atoms with Crippen LogP contribution in [0.2, 0.25) is 0 Å². The summed E-state index contributed by atoms with van der Waals surface area (Å²) in [4.78, 5) is 24.3. The van der Waals surface area contributed by atoms with Gasteiger partial charge >= 0.3 is 0 Å². The van der Waals surface area contributed by atoms with Crippen molar-refractivity contribution >= 4 is 11.7 Å². The van der Waals surface area contributed by atoms with E-state index in [-0.39, 0.29) is 24.4 Å². The number of nitrogens with zero attached hydrogens (tertiary/aromatic N) is 1. The molecule has 1 amide bonds. The van der Waals surface area contributed by atoms with Gasteiger partial charge in [-0.05, 0) is 0 Å². The van der Waals surface area contributed by atoms with E-state index in [4.69, 9.17) is 9.47 Å². The first kappa shape index (κ1) is 10.6.